The summed E-state index contributed by atoms with van der Waals surface area (Å²) in [5.74, 6) is -0.391. The molecular weight excluding hydrogens is 241 g/mol. The van der Waals surface area contributed by atoms with Crippen LogP contribution < -0.4 is 4.74 Å². The summed E-state index contributed by atoms with van der Waals surface area (Å²) in [5, 5.41) is 0.945. The second-order valence-corrected chi connectivity index (χ2v) is 4.76. The van der Waals surface area contributed by atoms with Crippen LogP contribution in [0.5, 0.6) is 5.75 Å². The molecular formula is C12H10FNO2S. The van der Waals surface area contributed by atoms with Crippen LogP contribution in [0.4, 0.5) is 4.39 Å². The van der Waals surface area contributed by atoms with Gasteiger partial charge in [0.2, 0.25) is 0 Å². The molecule has 0 amide bonds. The Morgan fingerprint density at radius 1 is 1.53 bits per heavy atom. The lowest BCUT2D eigenvalue weighted by Gasteiger charge is -2.05. The largest absolute Gasteiger partial charge is 0.485 e. The molecule has 2 rings (SSSR count). The van der Waals surface area contributed by atoms with Crippen LogP contribution in [0.15, 0.2) is 24.4 Å². The van der Waals surface area contributed by atoms with E-state index < -0.39 is 5.82 Å². The third-order valence-electron chi connectivity index (χ3n) is 2.13. The predicted molar refractivity (Wildman–Crippen MR) is 63.0 cm³/mol. The molecule has 0 fully saturated rings. The van der Waals surface area contributed by atoms with E-state index in [-0.39, 0.29) is 12.4 Å². The van der Waals surface area contributed by atoms with E-state index in [1.165, 1.54) is 23.5 Å². The summed E-state index contributed by atoms with van der Waals surface area (Å²) in [6.45, 7) is 2.18. The fourth-order valence-corrected chi connectivity index (χ4v) is 2.04. The molecule has 0 saturated carbocycles. The minimum Gasteiger partial charge on any atom is -0.485 e. The van der Waals surface area contributed by atoms with Crippen LogP contribution in [0, 0.1) is 12.7 Å². The van der Waals surface area contributed by atoms with Crippen molar-refractivity contribution in [2.24, 2.45) is 0 Å². The topological polar surface area (TPSA) is 39.2 Å². The number of benzene rings is 1. The van der Waals surface area contributed by atoms with E-state index >= 15 is 0 Å². The molecule has 1 aromatic heterocycles. The number of aromatic nitrogens is 1. The monoisotopic (exact) mass is 251 g/mol. The van der Waals surface area contributed by atoms with Crippen LogP contribution in [0.3, 0.4) is 0 Å². The Kier molecular flexibility index (Phi) is 3.49. The number of carbonyl (C=O) groups excluding carboxylic acids is 1. The van der Waals surface area contributed by atoms with Gasteiger partial charge in [0.15, 0.2) is 11.6 Å². The van der Waals surface area contributed by atoms with Crippen molar-refractivity contribution in [3.8, 4) is 5.75 Å². The standard InChI is InChI=1S/C12H10FNO2S/c1-8-14-5-10(17-8)7-16-12-3-2-9(6-15)4-11(12)13/h2-6H,7H2,1H3. The van der Waals surface area contributed by atoms with E-state index in [4.69, 9.17) is 4.74 Å². The van der Waals surface area contributed by atoms with Crippen molar-refractivity contribution in [3.63, 3.8) is 0 Å². The lowest BCUT2D eigenvalue weighted by atomic mass is 10.2. The normalized spacial score (nSPS) is 10.2. The first kappa shape index (κ1) is 11.7. The van der Waals surface area contributed by atoms with Gasteiger partial charge in [-0.1, -0.05) is 0 Å². The number of ether oxygens (including phenoxy) is 1. The molecule has 0 atom stereocenters. The summed E-state index contributed by atoms with van der Waals surface area (Å²) in [6.07, 6.45) is 2.30. The van der Waals surface area contributed by atoms with Gasteiger partial charge >= 0.3 is 0 Å². The summed E-state index contributed by atoms with van der Waals surface area (Å²) in [6, 6.07) is 4.12. The van der Waals surface area contributed by atoms with Crippen LogP contribution in [-0.4, -0.2) is 11.3 Å². The summed E-state index contributed by atoms with van der Waals surface area (Å²) < 4.78 is 18.8. The average molecular weight is 251 g/mol. The molecule has 0 aliphatic carbocycles. The molecule has 0 unspecified atom stereocenters. The van der Waals surface area contributed by atoms with E-state index in [2.05, 4.69) is 4.98 Å². The lowest BCUT2D eigenvalue weighted by molar-refractivity contribution is 0.112. The first-order chi connectivity index (χ1) is 8.19. The van der Waals surface area contributed by atoms with Gasteiger partial charge in [0, 0.05) is 11.8 Å². The van der Waals surface area contributed by atoms with Gasteiger partial charge in [-0.2, -0.15) is 0 Å². The summed E-state index contributed by atoms with van der Waals surface area (Å²) in [4.78, 5) is 15.4. The van der Waals surface area contributed by atoms with Crippen molar-refractivity contribution in [3.05, 3.63) is 45.7 Å². The Morgan fingerprint density at radius 3 is 2.94 bits per heavy atom. The number of nitrogens with zero attached hydrogens (tertiary/aromatic N) is 1. The van der Waals surface area contributed by atoms with E-state index in [1.54, 1.807) is 6.20 Å². The van der Waals surface area contributed by atoms with Crippen molar-refractivity contribution in [2.75, 3.05) is 0 Å². The zero-order valence-electron chi connectivity index (χ0n) is 9.14. The third-order valence-corrected chi connectivity index (χ3v) is 3.02. The molecule has 0 aliphatic rings. The van der Waals surface area contributed by atoms with Crippen LogP contribution in [0.2, 0.25) is 0 Å². The van der Waals surface area contributed by atoms with Crippen LogP contribution in [-0.2, 0) is 6.61 Å². The number of carbonyl (C=O) groups is 1. The molecule has 0 saturated heterocycles. The van der Waals surface area contributed by atoms with Crippen molar-refractivity contribution in [2.45, 2.75) is 13.5 Å². The minimum absolute atomic E-state index is 0.140. The van der Waals surface area contributed by atoms with Gasteiger partial charge in [-0.05, 0) is 25.1 Å². The van der Waals surface area contributed by atoms with Gasteiger partial charge in [0.05, 0.1) is 9.88 Å². The summed E-state index contributed by atoms with van der Waals surface area (Å²) in [5.41, 5.74) is 0.295. The van der Waals surface area contributed by atoms with Crippen LogP contribution >= 0.6 is 11.3 Å². The number of halogens is 1. The summed E-state index contributed by atoms with van der Waals surface area (Å²) in [7, 11) is 0. The van der Waals surface area contributed by atoms with Crippen molar-refractivity contribution < 1.29 is 13.9 Å². The number of hydrogen-bond acceptors (Lipinski definition) is 4. The lowest BCUT2D eigenvalue weighted by Crippen LogP contribution is -1.96. The van der Waals surface area contributed by atoms with E-state index in [0.717, 1.165) is 16.0 Å². The molecule has 1 aromatic carbocycles. The highest BCUT2D eigenvalue weighted by molar-refractivity contribution is 7.11. The van der Waals surface area contributed by atoms with E-state index in [9.17, 15) is 9.18 Å². The molecule has 1 heterocycles. The maximum Gasteiger partial charge on any atom is 0.165 e. The highest BCUT2D eigenvalue weighted by Gasteiger charge is 2.06. The molecule has 0 radical (unpaired) electrons. The van der Waals surface area contributed by atoms with Crippen molar-refractivity contribution >= 4 is 17.6 Å². The molecule has 5 heteroatoms. The first-order valence-electron chi connectivity index (χ1n) is 4.98. The zero-order valence-corrected chi connectivity index (χ0v) is 9.96. The molecule has 88 valence electrons. The molecule has 2 aromatic rings. The Labute approximate surface area is 102 Å². The minimum atomic E-state index is -0.532. The Hall–Kier alpha value is -1.75. The highest BCUT2D eigenvalue weighted by atomic mass is 32.1. The van der Waals surface area contributed by atoms with Gasteiger partial charge in [-0.25, -0.2) is 9.37 Å². The van der Waals surface area contributed by atoms with Crippen LogP contribution in [0.1, 0.15) is 20.2 Å². The second kappa shape index (κ2) is 5.05. The number of hydrogen-bond donors (Lipinski definition) is 0. The SMILES string of the molecule is Cc1ncc(COc2ccc(C=O)cc2F)s1. The van der Waals surface area contributed by atoms with Crippen LogP contribution in [0.25, 0.3) is 0 Å². The molecule has 17 heavy (non-hydrogen) atoms. The second-order valence-electron chi connectivity index (χ2n) is 3.44. The quantitative estimate of drug-likeness (QED) is 0.784. The number of aryl methyl sites for hydroxylation is 1. The maximum absolute atomic E-state index is 13.4. The van der Waals surface area contributed by atoms with Gasteiger partial charge in [0.25, 0.3) is 0 Å². The molecule has 3 nitrogen and oxygen atoms in total. The highest BCUT2D eigenvalue weighted by Crippen LogP contribution is 2.20. The van der Waals surface area contributed by atoms with Crippen molar-refractivity contribution in [1.29, 1.82) is 0 Å². The van der Waals surface area contributed by atoms with Gasteiger partial charge in [0.1, 0.15) is 12.9 Å². The smallest absolute Gasteiger partial charge is 0.165 e. The fourth-order valence-electron chi connectivity index (χ4n) is 1.33. The predicted octanol–water partition coefficient (Wildman–Crippen LogP) is 2.98. The van der Waals surface area contributed by atoms with Crippen molar-refractivity contribution in [1.82, 2.24) is 4.98 Å². The number of aldehydes is 1. The molecule has 0 spiro atoms. The molecule has 0 aliphatic heterocycles. The number of thiazole rings is 1. The zero-order chi connectivity index (χ0) is 12.3. The van der Waals surface area contributed by atoms with Gasteiger partial charge in [-0.15, -0.1) is 11.3 Å². The summed E-state index contributed by atoms with van der Waals surface area (Å²) >= 11 is 1.51. The molecule has 0 bridgehead atoms. The Morgan fingerprint density at radius 2 is 2.35 bits per heavy atom. The Bertz CT molecular complexity index is 539. The average Bonchev–Trinajstić information content (AvgIpc) is 2.73. The van der Waals surface area contributed by atoms with Gasteiger partial charge in [-0.3, -0.25) is 4.79 Å². The number of rotatable bonds is 4. The van der Waals surface area contributed by atoms with Gasteiger partial charge < -0.3 is 4.74 Å². The maximum atomic E-state index is 13.4. The Balaban J connectivity index is 2.06. The van der Waals surface area contributed by atoms with E-state index in [1.807, 2.05) is 6.92 Å². The third kappa shape index (κ3) is 2.88. The fraction of sp³-hybridized carbons (Fsp3) is 0.167. The van der Waals surface area contributed by atoms with E-state index in [0.29, 0.717) is 11.8 Å². The molecule has 0 N–H and O–H groups in total. The first-order valence-corrected chi connectivity index (χ1v) is 5.79.